The number of fused-ring (bicyclic) bond motifs is 2. The minimum Gasteiger partial charge on any atom is -0.497 e. The van der Waals surface area contributed by atoms with Crippen LogP contribution in [0.1, 0.15) is 22.4 Å². The topological polar surface area (TPSA) is 74.4 Å². The molecule has 0 saturated heterocycles. The number of H-pyrrole nitrogens is 1. The maximum atomic E-state index is 13.1. The molecular formula is C23H24ClN3O3. The largest absolute Gasteiger partial charge is 0.497 e. The molecule has 1 aliphatic rings. The Kier molecular flexibility index (Phi) is 5.79. The molecular weight excluding hydrogens is 402 g/mol. The van der Waals surface area contributed by atoms with Crippen LogP contribution in [0.5, 0.6) is 5.75 Å². The van der Waals surface area contributed by atoms with Crippen molar-refractivity contribution in [2.75, 3.05) is 20.2 Å². The molecule has 3 aromatic rings. The maximum absolute atomic E-state index is 13.1. The Morgan fingerprint density at radius 2 is 2.03 bits per heavy atom. The number of aromatic nitrogens is 1. The number of hydrogen-bond acceptors (Lipinski definition) is 4. The Morgan fingerprint density at radius 1 is 1.27 bits per heavy atom. The average molecular weight is 426 g/mol. The lowest BCUT2D eigenvalue weighted by Crippen LogP contribution is -2.41. The second kappa shape index (κ2) is 8.50. The highest BCUT2D eigenvalue weighted by molar-refractivity contribution is 6.30. The second-order valence-corrected chi connectivity index (χ2v) is 8.08. The lowest BCUT2D eigenvalue weighted by molar-refractivity contribution is -0.122. The van der Waals surface area contributed by atoms with Crippen LogP contribution < -0.4 is 15.5 Å². The fourth-order valence-corrected chi connectivity index (χ4v) is 4.02. The van der Waals surface area contributed by atoms with Crippen LogP contribution in [0.4, 0.5) is 0 Å². The number of hydrogen-bond donors (Lipinski definition) is 2. The monoisotopic (exact) mass is 425 g/mol. The van der Waals surface area contributed by atoms with E-state index in [1.807, 2.05) is 30.0 Å². The Labute approximate surface area is 179 Å². The lowest BCUT2D eigenvalue weighted by atomic mass is 10.0. The molecule has 0 saturated carbocycles. The van der Waals surface area contributed by atoms with E-state index in [-0.39, 0.29) is 17.9 Å². The number of rotatable bonds is 5. The number of nitrogens with one attached hydrogen (secondary N) is 2. The molecule has 2 N–H and O–H groups in total. The van der Waals surface area contributed by atoms with Crippen LogP contribution >= 0.6 is 11.6 Å². The van der Waals surface area contributed by atoms with Crippen LogP contribution in [-0.2, 0) is 24.3 Å². The van der Waals surface area contributed by atoms with Gasteiger partial charge < -0.3 is 15.0 Å². The van der Waals surface area contributed by atoms with Crippen molar-refractivity contribution >= 4 is 28.4 Å². The van der Waals surface area contributed by atoms with Crippen LogP contribution in [0.3, 0.4) is 0 Å². The molecule has 0 radical (unpaired) electrons. The van der Waals surface area contributed by atoms with Gasteiger partial charge in [-0.15, -0.1) is 0 Å². The molecule has 1 aromatic heterocycles. The van der Waals surface area contributed by atoms with Gasteiger partial charge in [-0.05, 0) is 42.3 Å². The smallest absolute Gasteiger partial charge is 0.234 e. The summed E-state index contributed by atoms with van der Waals surface area (Å²) in [5.74, 6) is 0.600. The number of amides is 1. The SMILES string of the molecule is COc1cc(C)c2[nH]c3c(c(=O)c2c1)CN(CC(=O)NCc1ccc(Cl)cc1)CC3. The summed E-state index contributed by atoms with van der Waals surface area (Å²) in [6.07, 6.45) is 0.705. The Morgan fingerprint density at radius 3 is 2.77 bits per heavy atom. The summed E-state index contributed by atoms with van der Waals surface area (Å²) in [6.45, 7) is 3.84. The number of methoxy groups -OCH3 is 1. The first-order valence-electron chi connectivity index (χ1n) is 9.90. The summed E-state index contributed by atoms with van der Waals surface area (Å²) >= 11 is 5.89. The van der Waals surface area contributed by atoms with E-state index in [1.165, 1.54) is 0 Å². The molecule has 2 heterocycles. The standard InChI is InChI=1S/C23H24ClN3O3/c1-14-9-17(30-2)10-18-22(14)26-20-7-8-27(12-19(20)23(18)29)13-21(28)25-11-15-3-5-16(24)6-4-15/h3-6,9-10H,7-8,11-13H2,1-2H3,(H,25,28)(H,26,29). The van der Waals surface area contributed by atoms with Gasteiger partial charge in [0.15, 0.2) is 5.43 Å². The van der Waals surface area contributed by atoms with Gasteiger partial charge in [-0.3, -0.25) is 14.5 Å². The van der Waals surface area contributed by atoms with Gasteiger partial charge in [0.2, 0.25) is 5.91 Å². The molecule has 0 bridgehead atoms. The lowest BCUT2D eigenvalue weighted by Gasteiger charge is -2.28. The van der Waals surface area contributed by atoms with E-state index in [0.717, 1.165) is 34.4 Å². The van der Waals surface area contributed by atoms with E-state index in [4.69, 9.17) is 16.3 Å². The third kappa shape index (κ3) is 4.20. The molecule has 1 aliphatic heterocycles. The van der Waals surface area contributed by atoms with Crippen molar-refractivity contribution in [3.8, 4) is 5.75 Å². The van der Waals surface area contributed by atoms with Gasteiger partial charge in [0.1, 0.15) is 5.75 Å². The quantitative estimate of drug-likeness (QED) is 0.658. The fourth-order valence-electron chi connectivity index (χ4n) is 3.89. The van der Waals surface area contributed by atoms with Crippen LogP contribution in [0, 0.1) is 6.92 Å². The van der Waals surface area contributed by atoms with Gasteiger partial charge in [-0.25, -0.2) is 0 Å². The highest BCUT2D eigenvalue weighted by Gasteiger charge is 2.23. The average Bonchev–Trinajstić information content (AvgIpc) is 2.74. The Bertz CT molecular complexity index is 1160. The zero-order valence-electron chi connectivity index (χ0n) is 17.0. The number of carbonyl (C=O) groups is 1. The zero-order valence-corrected chi connectivity index (χ0v) is 17.8. The van der Waals surface area contributed by atoms with E-state index >= 15 is 0 Å². The molecule has 1 amide bonds. The van der Waals surface area contributed by atoms with Gasteiger partial charge in [0.05, 0.1) is 19.2 Å². The van der Waals surface area contributed by atoms with Gasteiger partial charge in [-0.1, -0.05) is 23.7 Å². The molecule has 0 aliphatic carbocycles. The number of ether oxygens (including phenoxy) is 1. The molecule has 30 heavy (non-hydrogen) atoms. The van der Waals surface area contributed by atoms with Crippen LogP contribution in [0.25, 0.3) is 10.9 Å². The highest BCUT2D eigenvalue weighted by atomic mass is 35.5. The molecule has 0 fully saturated rings. The maximum Gasteiger partial charge on any atom is 0.234 e. The first-order valence-corrected chi connectivity index (χ1v) is 10.3. The van der Waals surface area contributed by atoms with Crippen LogP contribution in [-0.4, -0.2) is 36.0 Å². The van der Waals surface area contributed by atoms with Crippen LogP contribution in [0.15, 0.2) is 41.2 Å². The fraction of sp³-hybridized carbons (Fsp3) is 0.304. The van der Waals surface area contributed by atoms with Gasteiger partial charge in [0.25, 0.3) is 0 Å². The second-order valence-electron chi connectivity index (χ2n) is 7.64. The van der Waals surface area contributed by atoms with E-state index < -0.39 is 0 Å². The summed E-state index contributed by atoms with van der Waals surface area (Å²) in [5.41, 5.74) is 4.52. The minimum absolute atomic E-state index is 0.00650. The minimum atomic E-state index is -0.0665. The van der Waals surface area contributed by atoms with Crippen molar-refractivity contribution in [2.24, 2.45) is 0 Å². The van der Waals surface area contributed by atoms with Gasteiger partial charge in [-0.2, -0.15) is 0 Å². The van der Waals surface area contributed by atoms with Crippen molar-refractivity contribution in [2.45, 2.75) is 26.4 Å². The summed E-state index contributed by atoms with van der Waals surface area (Å²) in [6, 6.07) is 11.1. The summed E-state index contributed by atoms with van der Waals surface area (Å²) in [7, 11) is 1.59. The van der Waals surface area contributed by atoms with E-state index in [2.05, 4.69) is 10.3 Å². The van der Waals surface area contributed by atoms with Crippen molar-refractivity contribution < 1.29 is 9.53 Å². The predicted octanol–water partition coefficient (Wildman–Crippen LogP) is 3.17. The first kappa shape index (κ1) is 20.4. The molecule has 156 valence electrons. The number of aryl methyl sites for hydroxylation is 1. The number of carbonyl (C=O) groups excluding carboxylic acids is 1. The molecule has 2 aromatic carbocycles. The van der Waals surface area contributed by atoms with Crippen molar-refractivity contribution in [3.63, 3.8) is 0 Å². The van der Waals surface area contributed by atoms with E-state index in [9.17, 15) is 9.59 Å². The third-order valence-corrected chi connectivity index (χ3v) is 5.79. The van der Waals surface area contributed by atoms with Gasteiger partial charge in [0, 0.05) is 47.7 Å². The van der Waals surface area contributed by atoms with E-state index in [1.54, 1.807) is 25.3 Å². The first-order chi connectivity index (χ1) is 14.4. The number of halogens is 1. The third-order valence-electron chi connectivity index (χ3n) is 5.53. The number of nitrogens with zero attached hydrogens (tertiary/aromatic N) is 1. The van der Waals surface area contributed by atoms with Crippen LogP contribution in [0.2, 0.25) is 5.02 Å². The normalized spacial score (nSPS) is 13.8. The predicted molar refractivity (Wildman–Crippen MR) is 118 cm³/mol. The molecule has 0 unspecified atom stereocenters. The van der Waals surface area contributed by atoms with Crippen molar-refractivity contribution in [1.29, 1.82) is 0 Å². The number of pyridine rings is 1. The summed E-state index contributed by atoms with van der Waals surface area (Å²) in [4.78, 5) is 31.0. The summed E-state index contributed by atoms with van der Waals surface area (Å²) < 4.78 is 5.32. The number of benzene rings is 2. The molecule has 4 rings (SSSR count). The highest BCUT2D eigenvalue weighted by Crippen LogP contribution is 2.24. The van der Waals surface area contributed by atoms with Crippen molar-refractivity contribution in [1.82, 2.24) is 15.2 Å². The molecule has 0 atom stereocenters. The van der Waals surface area contributed by atoms with Crippen molar-refractivity contribution in [3.05, 3.63) is 74.0 Å². The molecule has 0 spiro atoms. The van der Waals surface area contributed by atoms with E-state index in [0.29, 0.717) is 35.7 Å². The Hall–Kier alpha value is -2.83. The zero-order chi connectivity index (χ0) is 21.3. The number of aromatic amines is 1. The molecule has 6 nitrogen and oxygen atoms in total. The Balaban J connectivity index is 1.48. The molecule has 7 heteroatoms. The summed E-state index contributed by atoms with van der Waals surface area (Å²) in [5, 5.41) is 4.22. The van der Waals surface area contributed by atoms with Gasteiger partial charge >= 0.3 is 0 Å².